The number of likely N-dealkylation sites (N-methyl/N-ethyl adjacent to an activating group) is 1. The fourth-order valence-electron chi connectivity index (χ4n) is 3.30. The molecule has 0 saturated carbocycles. The minimum atomic E-state index is -0.110. The third kappa shape index (κ3) is 3.39. The van der Waals surface area contributed by atoms with Crippen molar-refractivity contribution in [3.8, 4) is 11.5 Å². The van der Waals surface area contributed by atoms with Crippen LogP contribution in [0.1, 0.15) is 17.4 Å². The third-order valence-electron chi connectivity index (χ3n) is 4.71. The predicted octanol–water partition coefficient (Wildman–Crippen LogP) is 2.12. The van der Waals surface area contributed by atoms with Gasteiger partial charge in [0.25, 0.3) is 0 Å². The Morgan fingerprint density at radius 1 is 1.27 bits per heavy atom. The lowest BCUT2D eigenvalue weighted by molar-refractivity contribution is -0.135. The average Bonchev–Trinajstić information content (AvgIpc) is 3.34. The van der Waals surface area contributed by atoms with Gasteiger partial charge in [0.15, 0.2) is 12.2 Å². The Morgan fingerprint density at radius 2 is 2.12 bits per heavy atom. The molecule has 7 heteroatoms. The number of benzene rings is 1. The van der Waals surface area contributed by atoms with Crippen LogP contribution >= 0.6 is 0 Å². The van der Waals surface area contributed by atoms with Crippen molar-refractivity contribution in [2.45, 2.75) is 12.5 Å². The summed E-state index contributed by atoms with van der Waals surface area (Å²) in [4.78, 5) is 28.8. The topological polar surface area (TPSA) is 78.3 Å². The molecule has 3 aromatic rings. The minimum Gasteiger partial charge on any atom is -0.442 e. The van der Waals surface area contributed by atoms with Gasteiger partial charge in [-0.15, -0.1) is 0 Å². The molecule has 3 heterocycles. The van der Waals surface area contributed by atoms with Crippen molar-refractivity contribution in [1.82, 2.24) is 24.8 Å². The molecule has 1 fully saturated rings. The molecule has 1 aromatic carbocycles. The number of hydrogen-bond donors (Lipinski definition) is 1. The number of piperazine rings is 1. The van der Waals surface area contributed by atoms with E-state index in [1.54, 1.807) is 12.4 Å². The molecule has 134 valence electrons. The fourth-order valence-corrected chi connectivity index (χ4v) is 3.30. The molecule has 2 aromatic heterocycles. The van der Waals surface area contributed by atoms with Gasteiger partial charge in [-0.3, -0.25) is 4.79 Å². The summed E-state index contributed by atoms with van der Waals surface area (Å²) >= 11 is 0. The largest absolute Gasteiger partial charge is 0.442 e. The Labute approximate surface area is 151 Å². The van der Waals surface area contributed by atoms with Gasteiger partial charge in [0.2, 0.25) is 5.91 Å². The molecule has 7 nitrogen and oxygen atoms in total. The van der Waals surface area contributed by atoms with Gasteiger partial charge in [-0.1, -0.05) is 30.3 Å². The highest BCUT2D eigenvalue weighted by atomic mass is 16.3. The Kier molecular flexibility index (Phi) is 4.53. The summed E-state index contributed by atoms with van der Waals surface area (Å²) in [6.45, 7) is 2.28. The second-order valence-corrected chi connectivity index (χ2v) is 6.58. The molecule has 0 bridgehead atoms. The predicted molar refractivity (Wildman–Crippen MR) is 96.2 cm³/mol. The summed E-state index contributed by atoms with van der Waals surface area (Å²) in [5.74, 6) is 1.52. The minimum absolute atomic E-state index is 0.110. The van der Waals surface area contributed by atoms with E-state index in [2.05, 4.69) is 26.9 Å². The lowest BCUT2D eigenvalue weighted by Crippen LogP contribution is -2.50. The molecule has 1 aliphatic rings. The van der Waals surface area contributed by atoms with E-state index in [0.29, 0.717) is 18.7 Å². The van der Waals surface area contributed by atoms with Crippen LogP contribution < -0.4 is 0 Å². The maximum absolute atomic E-state index is 12.9. The van der Waals surface area contributed by atoms with Gasteiger partial charge in [0.1, 0.15) is 17.6 Å². The first-order chi connectivity index (χ1) is 12.7. The van der Waals surface area contributed by atoms with Crippen molar-refractivity contribution >= 4 is 5.91 Å². The van der Waals surface area contributed by atoms with Crippen LogP contribution in [0.25, 0.3) is 11.5 Å². The number of aromatic amines is 1. The maximum Gasteiger partial charge on any atom is 0.227 e. The van der Waals surface area contributed by atoms with Gasteiger partial charge in [0, 0.05) is 19.6 Å². The van der Waals surface area contributed by atoms with Crippen LogP contribution in [0.2, 0.25) is 0 Å². The van der Waals surface area contributed by atoms with Crippen LogP contribution in [-0.2, 0) is 11.2 Å². The Bertz CT molecular complexity index is 859. The van der Waals surface area contributed by atoms with Crippen LogP contribution in [0, 0.1) is 0 Å². The zero-order chi connectivity index (χ0) is 17.9. The number of nitrogens with one attached hydrogen (secondary N) is 1. The lowest BCUT2D eigenvalue weighted by atomic mass is 10.1. The smallest absolute Gasteiger partial charge is 0.227 e. The highest BCUT2D eigenvalue weighted by molar-refractivity contribution is 5.79. The van der Waals surface area contributed by atoms with Crippen LogP contribution in [0.5, 0.6) is 0 Å². The lowest BCUT2D eigenvalue weighted by Gasteiger charge is -2.39. The molecule has 0 spiro atoms. The van der Waals surface area contributed by atoms with Gasteiger partial charge < -0.3 is 19.2 Å². The number of carbonyl (C=O) groups excluding carboxylic acids is 1. The number of rotatable bonds is 4. The highest BCUT2D eigenvalue weighted by Gasteiger charge is 2.32. The molecule has 1 amide bonds. The Hall–Kier alpha value is -2.93. The number of amides is 1. The van der Waals surface area contributed by atoms with Crippen LogP contribution in [-0.4, -0.2) is 57.3 Å². The summed E-state index contributed by atoms with van der Waals surface area (Å²) in [5, 5.41) is 0. The van der Waals surface area contributed by atoms with Crippen molar-refractivity contribution in [3.63, 3.8) is 0 Å². The van der Waals surface area contributed by atoms with E-state index < -0.39 is 0 Å². The molecule has 1 atom stereocenters. The molecule has 1 aliphatic heterocycles. The molecular weight excluding hydrogens is 330 g/mol. The summed E-state index contributed by atoms with van der Waals surface area (Å²) in [7, 11) is 2.06. The summed E-state index contributed by atoms with van der Waals surface area (Å²) in [6.07, 6.45) is 5.16. The maximum atomic E-state index is 12.9. The Morgan fingerprint density at radius 3 is 2.88 bits per heavy atom. The van der Waals surface area contributed by atoms with Crippen LogP contribution in [0.15, 0.2) is 53.5 Å². The molecule has 0 aliphatic carbocycles. The zero-order valence-corrected chi connectivity index (χ0v) is 14.6. The van der Waals surface area contributed by atoms with Gasteiger partial charge in [-0.2, -0.15) is 0 Å². The standard InChI is InChI=1S/C19H21N5O2/c1-23-7-8-24(18(25)9-14-5-3-2-4-6-14)16(12-23)19-21-10-15(22-19)17-11-20-13-26-17/h2-6,10-11,13,16H,7-9,12H2,1H3,(H,21,22). The fraction of sp³-hybridized carbons (Fsp3) is 0.316. The van der Waals surface area contributed by atoms with Gasteiger partial charge in [-0.25, -0.2) is 9.97 Å². The van der Waals surface area contributed by atoms with Crippen molar-refractivity contribution in [2.75, 3.05) is 26.7 Å². The van der Waals surface area contributed by atoms with Crippen molar-refractivity contribution < 1.29 is 9.21 Å². The number of imidazole rings is 1. The molecule has 1 unspecified atom stereocenters. The first-order valence-corrected chi connectivity index (χ1v) is 8.66. The number of oxazole rings is 1. The van der Waals surface area contributed by atoms with Crippen LogP contribution in [0.4, 0.5) is 0 Å². The zero-order valence-electron chi connectivity index (χ0n) is 14.6. The van der Waals surface area contributed by atoms with Gasteiger partial charge in [-0.05, 0) is 12.6 Å². The van der Waals surface area contributed by atoms with E-state index >= 15 is 0 Å². The van der Waals surface area contributed by atoms with Crippen molar-refractivity contribution in [1.29, 1.82) is 0 Å². The first kappa shape index (κ1) is 16.5. The summed E-state index contributed by atoms with van der Waals surface area (Å²) < 4.78 is 5.32. The number of H-pyrrole nitrogens is 1. The van der Waals surface area contributed by atoms with E-state index in [0.717, 1.165) is 30.2 Å². The van der Waals surface area contributed by atoms with E-state index in [1.807, 2.05) is 35.2 Å². The van der Waals surface area contributed by atoms with E-state index in [4.69, 9.17) is 4.42 Å². The SMILES string of the molecule is CN1CCN(C(=O)Cc2ccccc2)C(c2ncc(-c3cnco3)[nH]2)C1. The normalized spacial score (nSPS) is 18.2. The number of aromatic nitrogens is 3. The van der Waals surface area contributed by atoms with E-state index in [-0.39, 0.29) is 11.9 Å². The van der Waals surface area contributed by atoms with E-state index in [1.165, 1.54) is 6.39 Å². The molecule has 0 radical (unpaired) electrons. The second-order valence-electron chi connectivity index (χ2n) is 6.58. The molecule has 4 rings (SSSR count). The monoisotopic (exact) mass is 351 g/mol. The van der Waals surface area contributed by atoms with Crippen LogP contribution in [0.3, 0.4) is 0 Å². The molecular formula is C19H21N5O2. The quantitative estimate of drug-likeness (QED) is 0.779. The first-order valence-electron chi connectivity index (χ1n) is 8.66. The third-order valence-corrected chi connectivity index (χ3v) is 4.71. The van der Waals surface area contributed by atoms with Crippen molar-refractivity contribution in [3.05, 3.63) is 60.5 Å². The number of hydrogen-bond acceptors (Lipinski definition) is 5. The number of nitrogens with zero attached hydrogens (tertiary/aromatic N) is 4. The second kappa shape index (κ2) is 7.13. The number of carbonyl (C=O) groups is 1. The Balaban J connectivity index is 1.56. The van der Waals surface area contributed by atoms with Gasteiger partial charge in [0.05, 0.1) is 18.8 Å². The summed E-state index contributed by atoms with van der Waals surface area (Å²) in [6, 6.07) is 9.73. The highest BCUT2D eigenvalue weighted by Crippen LogP contribution is 2.26. The summed E-state index contributed by atoms with van der Waals surface area (Å²) in [5.41, 5.74) is 1.79. The van der Waals surface area contributed by atoms with E-state index in [9.17, 15) is 4.79 Å². The molecule has 1 N–H and O–H groups in total. The van der Waals surface area contributed by atoms with Crippen molar-refractivity contribution in [2.24, 2.45) is 0 Å². The molecule has 1 saturated heterocycles. The molecule has 26 heavy (non-hydrogen) atoms. The average molecular weight is 351 g/mol. The van der Waals surface area contributed by atoms with Gasteiger partial charge >= 0.3 is 0 Å².